The summed E-state index contributed by atoms with van der Waals surface area (Å²) in [5, 5.41) is 0. The molecule has 1 aromatic carbocycles. The van der Waals surface area contributed by atoms with Gasteiger partial charge in [0.05, 0.1) is 10.5 Å². The molecule has 0 unspecified atom stereocenters. The molecule has 0 aliphatic heterocycles. The number of carbonyl (C=O) groups excluding carboxylic acids is 1. The molecule has 20 heavy (non-hydrogen) atoms. The van der Waals surface area contributed by atoms with Gasteiger partial charge in [0.25, 0.3) is 10.1 Å². The third kappa shape index (κ3) is 2.43. The van der Waals surface area contributed by atoms with Crippen LogP contribution in [-0.2, 0) is 20.2 Å². The van der Waals surface area contributed by atoms with Crippen LogP contribution in [0.5, 0.6) is 0 Å². The summed E-state index contributed by atoms with van der Waals surface area (Å²) in [5.41, 5.74) is 0.0714. The number of benzene rings is 1. The lowest BCUT2D eigenvalue weighted by Crippen LogP contribution is -2.18. The smallest absolute Gasteiger partial charge is 0.364 e. The summed E-state index contributed by atoms with van der Waals surface area (Å²) in [6.45, 7) is 3.42. The molecule has 1 aromatic rings. The van der Waals surface area contributed by atoms with E-state index in [2.05, 4.69) is 6.58 Å². The van der Waals surface area contributed by atoms with E-state index in [0.29, 0.717) is 0 Å². The Bertz CT molecular complexity index is 873. The van der Waals surface area contributed by atoms with Gasteiger partial charge in [0.1, 0.15) is 10.1 Å². The number of hydrogen-bond acceptors (Lipinski definition) is 5. The van der Waals surface area contributed by atoms with Crippen LogP contribution in [0.25, 0.3) is 11.6 Å². The van der Waals surface area contributed by atoms with E-state index in [9.17, 15) is 26.2 Å². The van der Waals surface area contributed by atoms with Gasteiger partial charge in [0, 0.05) is 0 Å². The zero-order chi connectivity index (χ0) is 15.3. The maximum atomic E-state index is 11.0. The molecular weight excluding hydrogens is 308 g/mol. The minimum atomic E-state index is -4.89. The molecule has 7 nitrogen and oxygen atoms in total. The van der Waals surface area contributed by atoms with Crippen molar-refractivity contribution in [1.82, 2.24) is 0 Å². The highest BCUT2D eigenvalue weighted by Gasteiger charge is 2.32. The van der Waals surface area contributed by atoms with E-state index in [1.807, 2.05) is 0 Å². The maximum absolute atomic E-state index is 11.0. The standard InChI is InChI=1S/C11H8O7S2/c1-6-9-5-8(19(13,14)15)3-2-7(9)4-10(11(6)12)20(16,17)18/h2-5H,1H2,(H,13,14,15)(H,16,17,18). The maximum Gasteiger partial charge on any atom is 0.364 e. The van der Waals surface area contributed by atoms with Crippen molar-refractivity contribution in [2.24, 2.45) is 0 Å². The quantitative estimate of drug-likeness (QED) is 0.476. The molecule has 2 N–H and O–H groups in total. The first-order chi connectivity index (χ1) is 9.01. The van der Waals surface area contributed by atoms with Crippen LogP contribution >= 0.6 is 0 Å². The van der Waals surface area contributed by atoms with Crippen LogP contribution in [-0.4, -0.2) is 36.5 Å². The lowest BCUT2D eigenvalue weighted by Gasteiger charge is -2.16. The second-order valence-electron chi connectivity index (χ2n) is 4.01. The van der Waals surface area contributed by atoms with Crippen molar-refractivity contribution in [3.63, 3.8) is 0 Å². The second kappa shape index (κ2) is 4.35. The minimum Gasteiger partial charge on any atom is -0.744 e. The van der Waals surface area contributed by atoms with Gasteiger partial charge in [-0.05, 0) is 29.3 Å². The molecule has 0 aromatic heterocycles. The van der Waals surface area contributed by atoms with Crippen LogP contribution in [0.2, 0.25) is 0 Å². The third-order valence-electron chi connectivity index (χ3n) is 2.72. The fourth-order valence-electron chi connectivity index (χ4n) is 1.76. The van der Waals surface area contributed by atoms with Crippen molar-refractivity contribution in [1.29, 1.82) is 0 Å². The first kappa shape index (κ1) is 14.6. The molecule has 2 rings (SSSR count). The lowest BCUT2D eigenvalue weighted by molar-refractivity contribution is 0.471. The summed E-state index contributed by atoms with van der Waals surface area (Å²) >= 11 is 0. The van der Waals surface area contributed by atoms with Crippen LogP contribution in [0, 0.1) is 0 Å². The minimum absolute atomic E-state index is 0.102. The monoisotopic (exact) mass is 316 g/mol. The van der Waals surface area contributed by atoms with Gasteiger partial charge in [0.2, 0.25) is 0 Å². The summed E-state index contributed by atoms with van der Waals surface area (Å²) in [6.07, 6.45) is 0.912. The molecule has 1 aliphatic rings. The third-order valence-corrected chi connectivity index (χ3v) is 4.42. The summed E-state index contributed by atoms with van der Waals surface area (Å²) in [7, 11) is -9.35. The predicted molar refractivity (Wildman–Crippen MR) is 69.9 cm³/mol. The molecule has 0 heterocycles. The zero-order valence-electron chi connectivity index (χ0n) is 9.77. The predicted octanol–water partition coefficient (Wildman–Crippen LogP) is 0.391. The van der Waals surface area contributed by atoms with Crippen LogP contribution in [0.1, 0.15) is 11.1 Å². The van der Waals surface area contributed by atoms with Crippen LogP contribution in [0.15, 0.2) is 34.6 Å². The summed E-state index contributed by atoms with van der Waals surface area (Å²) in [6, 6.07) is 3.25. The van der Waals surface area contributed by atoms with Crippen molar-refractivity contribution >= 4 is 37.7 Å². The van der Waals surface area contributed by atoms with Crippen molar-refractivity contribution in [2.45, 2.75) is 4.90 Å². The van der Waals surface area contributed by atoms with E-state index in [1.54, 1.807) is 0 Å². The lowest BCUT2D eigenvalue weighted by atomic mass is 9.92. The molecule has 9 heteroatoms. The molecule has 0 spiro atoms. The topological polar surface area (TPSA) is 133 Å². The van der Waals surface area contributed by atoms with Crippen molar-refractivity contribution < 1.29 is 30.7 Å². The SMILES string of the molecule is C=C1C(=[OH+])C(S(=O)(=O)[O-])=Cc2ccc(S(=O)(=O)O)cc21. The van der Waals surface area contributed by atoms with Gasteiger partial charge >= 0.3 is 5.78 Å². The number of allylic oxidation sites excluding steroid dienone is 2. The van der Waals surface area contributed by atoms with Crippen molar-refractivity contribution in [3.05, 3.63) is 40.8 Å². The van der Waals surface area contributed by atoms with E-state index in [-0.39, 0.29) is 16.7 Å². The fourth-order valence-corrected chi connectivity index (χ4v) is 2.90. The van der Waals surface area contributed by atoms with E-state index in [1.165, 1.54) is 6.07 Å². The van der Waals surface area contributed by atoms with Gasteiger partial charge < -0.3 is 4.55 Å². The Balaban J connectivity index is 2.75. The number of rotatable bonds is 2. The molecular formula is C11H8O7S2. The van der Waals surface area contributed by atoms with Gasteiger partial charge in [-0.15, -0.1) is 0 Å². The zero-order valence-corrected chi connectivity index (χ0v) is 11.4. The van der Waals surface area contributed by atoms with Crippen molar-refractivity contribution in [2.75, 3.05) is 0 Å². The largest absolute Gasteiger partial charge is 0.744 e. The number of ketones is 1. The fraction of sp³-hybridized carbons (Fsp3) is 0. The van der Waals surface area contributed by atoms with Crippen LogP contribution in [0.4, 0.5) is 0 Å². The first-order valence-electron chi connectivity index (χ1n) is 5.07. The van der Waals surface area contributed by atoms with Crippen LogP contribution in [0.3, 0.4) is 0 Å². The Labute approximate surface area is 114 Å². The molecule has 0 radical (unpaired) electrons. The molecule has 1 aliphatic carbocycles. The van der Waals surface area contributed by atoms with Gasteiger partial charge in [0.15, 0.2) is 4.91 Å². The molecule has 0 saturated carbocycles. The highest BCUT2D eigenvalue weighted by atomic mass is 32.2. The van der Waals surface area contributed by atoms with Gasteiger partial charge in [-0.2, -0.15) is 8.42 Å². The normalized spacial score (nSPS) is 15.8. The van der Waals surface area contributed by atoms with E-state index in [4.69, 9.17) is 4.55 Å². The summed E-state index contributed by atoms with van der Waals surface area (Å²) in [5.74, 6) is -0.847. The summed E-state index contributed by atoms with van der Waals surface area (Å²) in [4.78, 5) is 8.40. The molecule has 106 valence electrons. The average molecular weight is 316 g/mol. The van der Waals surface area contributed by atoms with Gasteiger partial charge in [-0.25, -0.2) is 8.42 Å². The molecule has 0 amide bonds. The van der Waals surface area contributed by atoms with Crippen LogP contribution < -0.4 is 0 Å². The Morgan fingerprint density at radius 1 is 1.20 bits per heavy atom. The Morgan fingerprint density at radius 3 is 2.30 bits per heavy atom. The Morgan fingerprint density at radius 2 is 1.80 bits per heavy atom. The second-order valence-corrected chi connectivity index (χ2v) is 6.78. The van der Waals surface area contributed by atoms with Crippen molar-refractivity contribution in [3.8, 4) is 0 Å². The molecule has 0 bridgehead atoms. The number of hydrogen-bond donors (Lipinski definition) is 1. The summed E-state index contributed by atoms with van der Waals surface area (Å²) < 4.78 is 64.0. The Hall–Kier alpha value is -1.81. The van der Waals surface area contributed by atoms with Gasteiger partial charge in [-0.3, -0.25) is 9.35 Å². The van der Waals surface area contributed by atoms with E-state index < -0.39 is 35.8 Å². The molecule has 0 saturated heterocycles. The number of fused-ring (bicyclic) bond motifs is 1. The Kier molecular flexibility index (Phi) is 3.17. The van der Waals surface area contributed by atoms with Gasteiger partial charge in [-0.1, -0.05) is 12.6 Å². The average Bonchev–Trinajstić information content (AvgIpc) is 2.30. The van der Waals surface area contributed by atoms with E-state index >= 15 is 0 Å². The molecule has 0 fully saturated rings. The van der Waals surface area contributed by atoms with E-state index in [0.717, 1.165) is 18.2 Å². The first-order valence-corrected chi connectivity index (χ1v) is 7.92. The highest BCUT2D eigenvalue weighted by molar-refractivity contribution is 7.91. The molecule has 0 atom stereocenters. The highest BCUT2D eigenvalue weighted by Crippen LogP contribution is 2.32.